The van der Waals surface area contributed by atoms with Gasteiger partial charge in [0.05, 0.1) is 34.1 Å². The third kappa shape index (κ3) is 23.0. The second kappa shape index (κ2) is 46.3. The maximum absolute atomic E-state index is 11.8. The molecular weight excluding hydrogens is 2410 g/mol. The quantitative estimate of drug-likeness (QED) is 0.0274. The number of fused-ring (bicyclic) bond motifs is 6. The molecule has 4 fully saturated rings. The van der Waals surface area contributed by atoms with E-state index in [-0.39, 0.29) is 0 Å². The number of thioether (sulfide) groups is 6. The van der Waals surface area contributed by atoms with E-state index in [1.807, 2.05) is 100 Å². The number of aromatic nitrogens is 18. The van der Waals surface area contributed by atoms with Gasteiger partial charge in [-0.05, 0) is 413 Å². The SMILES string of the molecule is CCc1ccc(-n2c(Br)nnc2SC(C)(C)C(=O)O)c2ccccc12.Cc1ccc(-n2c(Br)nnc2SC(C)(C)C(=O)O)c2c1CCCC2.Cc1ccc(-n2c(Br)nnc2SC(C)(C)C(=O)O)c2ccccc12.Cc1ccc(-n2c(Br)nnc2SC2(C(=O)O)CCC2)c2c1CCCC2.Cc1ccc(-n2c(Br)nnc2SC2(C(=O)O)CCC2)c2ccccc12.O=C(O)C1(Sc2nnc(Br)n2-c2ccc(C3CC3)c3ccccc23)CCC1. The van der Waals surface area contributed by atoms with Crippen molar-refractivity contribution in [3.63, 3.8) is 0 Å². The predicted octanol–water partition coefficient (Wildman–Crippen LogP) is 27.4. The number of benzene rings is 10. The van der Waals surface area contributed by atoms with Crippen molar-refractivity contribution < 1.29 is 59.4 Å². The van der Waals surface area contributed by atoms with Gasteiger partial charge < -0.3 is 30.6 Å². The first kappa shape index (κ1) is 111. The van der Waals surface area contributed by atoms with Gasteiger partial charge in [0.2, 0.25) is 28.4 Å². The standard InChI is InChI=1S/C20H18BrN3O2S.C18H20BrN3O2S.C18H16BrN3O2S.C18H18BrN3O2S.C17H20BrN3O2S.C17H16BrN3O2S/c21-18-22-23-19(27-20(17(25)26)10-3-11-20)24(18)16-9-8-13(12-6-7-12)14-4-1-2-5-15(14)16;2*1-11-7-8-14(13-6-3-2-5-12(11)13)22-16(19)20-21-17(22)25-18(15(23)24)9-4-10-18;1-4-11-9-10-14(13-8-6-5-7-12(11)13)22-16(19)20-21-17(22)25-18(2,3)15(23)24;2*1-10-8-9-13(12-7-5-4-6-11(10)12)21-15(18)19-20-16(21)24-17(2,3)14(22)23/h1-2,4-5,8-9,12H,3,6-7,10-11H2,(H,25,26);7-8H,2-6,9-10H2,1H3,(H,23,24);2-3,5-8H,4,9-10H2,1H3,(H,23,24);5-10H,4H2,1-3H3,(H,23,24);8-9H,4-7H2,1-3H3,(H,22,23);4-9H,1-3H3,(H,22,23). The third-order valence-corrected chi connectivity index (χ3v) is 38.9. The number of halogens is 6. The average molecular weight is 2520 g/mol. The molecule has 16 aromatic rings. The molecule has 6 aromatic heterocycles. The number of hydrogen-bond acceptors (Lipinski definition) is 24. The Labute approximate surface area is 941 Å². The fourth-order valence-corrected chi connectivity index (χ4v) is 28.8. The van der Waals surface area contributed by atoms with E-state index in [0.717, 1.165) is 118 Å². The maximum Gasteiger partial charge on any atom is 0.320 e. The van der Waals surface area contributed by atoms with Gasteiger partial charge in [-0.2, -0.15) is 0 Å². The summed E-state index contributed by atoms with van der Waals surface area (Å²) in [5.41, 5.74) is 19.1. The third-order valence-electron chi connectivity index (χ3n) is 28.2. The Balaban J connectivity index is 0.000000123. The summed E-state index contributed by atoms with van der Waals surface area (Å²) < 4.78 is 9.61. The zero-order chi connectivity index (χ0) is 107. The van der Waals surface area contributed by atoms with Gasteiger partial charge in [0.15, 0.2) is 30.9 Å². The number of hydrogen-bond donors (Lipinski definition) is 6. The Morgan fingerprint density at radius 2 is 0.547 bits per heavy atom. The summed E-state index contributed by atoms with van der Waals surface area (Å²) in [5, 5.41) is 120. The van der Waals surface area contributed by atoms with E-state index in [1.54, 1.807) is 41.5 Å². The molecule has 0 atom stereocenters. The van der Waals surface area contributed by atoms with E-state index in [1.165, 1.54) is 176 Å². The Morgan fingerprint density at radius 1 is 0.300 bits per heavy atom. The number of nitrogens with zero attached hydrogens (tertiary/aromatic N) is 18. The molecule has 6 aliphatic rings. The van der Waals surface area contributed by atoms with Gasteiger partial charge in [-0.3, -0.25) is 56.2 Å². The molecule has 6 aliphatic carbocycles. The van der Waals surface area contributed by atoms with Crippen LogP contribution >= 0.6 is 166 Å². The molecule has 0 saturated heterocycles. The van der Waals surface area contributed by atoms with Crippen molar-refractivity contribution in [2.24, 2.45) is 0 Å². The summed E-state index contributed by atoms with van der Waals surface area (Å²) >= 11 is 28.4. The molecule has 42 heteroatoms. The molecule has 22 rings (SSSR count). The summed E-state index contributed by atoms with van der Waals surface area (Å²) in [5.74, 6) is -4.29. The van der Waals surface area contributed by atoms with Crippen molar-refractivity contribution in [1.29, 1.82) is 0 Å². The van der Waals surface area contributed by atoms with Crippen molar-refractivity contribution >= 4 is 245 Å². The van der Waals surface area contributed by atoms with Crippen molar-refractivity contribution in [1.82, 2.24) is 88.6 Å². The highest BCUT2D eigenvalue weighted by atomic mass is 79.9. The normalized spacial score (nSPS) is 15.2. The van der Waals surface area contributed by atoms with Crippen LogP contribution in [0.25, 0.3) is 77.2 Å². The van der Waals surface area contributed by atoms with Crippen molar-refractivity contribution in [3.05, 3.63) is 254 Å². The van der Waals surface area contributed by atoms with Gasteiger partial charge in [-0.25, -0.2) is 0 Å². The van der Waals surface area contributed by atoms with Crippen LogP contribution in [0.15, 0.2) is 229 Å². The van der Waals surface area contributed by atoms with Gasteiger partial charge >= 0.3 is 35.8 Å². The summed E-state index contributed by atoms with van der Waals surface area (Å²) in [6.07, 6.45) is 19.4. The summed E-state index contributed by atoms with van der Waals surface area (Å²) in [6.45, 7) is 20.6. The molecule has 6 N–H and O–H groups in total. The fourth-order valence-electron chi connectivity index (χ4n) is 18.9. The molecule has 0 bridgehead atoms. The highest BCUT2D eigenvalue weighted by Gasteiger charge is 2.50. The molecule has 30 nitrogen and oxygen atoms in total. The van der Waals surface area contributed by atoms with E-state index < -0.39 is 64.3 Å². The maximum atomic E-state index is 11.8. The monoisotopic (exact) mass is 2510 g/mol. The summed E-state index contributed by atoms with van der Waals surface area (Å²) in [6, 6.07) is 57.9. The van der Waals surface area contributed by atoms with Crippen LogP contribution in [0.5, 0.6) is 0 Å². The number of aryl methyl sites for hydroxylation is 5. The minimum atomic E-state index is -1.01. The molecule has 6 heterocycles. The van der Waals surface area contributed by atoms with Crippen LogP contribution in [0, 0.1) is 27.7 Å². The van der Waals surface area contributed by atoms with E-state index in [2.05, 4.69) is 288 Å². The molecule has 0 unspecified atom stereocenters. The first-order valence-corrected chi connectivity index (χ1v) is 58.7. The molecule has 4 saturated carbocycles. The van der Waals surface area contributed by atoms with Crippen LogP contribution in [-0.2, 0) is 60.9 Å². The Kier molecular flexibility index (Phi) is 34.2. The van der Waals surface area contributed by atoms with E-state index in [0.29, 0.717) is 104 Å². The smallest absolute Gasteiger partial charge is 0.320 e. The highest BCUT2D eigenvalue weighted by Crippen LogP contribution is 2.54. The molecule has 0 radical (unpaired) electrons. The highest BCUT2D eigenvalue weighted by molar-refractivity contribution is 9.11. The van der Waals surface area contributed by atoms with E-state index >= 15 is 0 Å². The second-order valence-electron chi connectivity index (χ2n) is 39.2. The van der Waals surface area contributed by atoms with Crippen LogP contribution in [0.2, 0.25) is 0 Å². The first-order valence-electron chi connectivity index (χ1n) is 49.0. The Bertz CT molecular complexity index is 7930. The number of carbonyl (C=O) groups is 6. The predicted molar refractivity (Wildman–Crippen MR) is 611 cm³/mol. The van der Waals surface area contributed by atoms with Crippen molar-refractivity contribution in [2.75, 3.05) is 0 Å². The fraction of sp³-hybridized carbons (Fsp3) is 0.352. The molecule has 150 heavy (non-hydrogen) atoms. The Morgan fingerprint density at radius 3 is 0.847 bits per heavy atom. The summed E-state index contributed by atoms with van der Waals surface area (Å²) in [4.78, 5) is 69.7. The number of carboxylic acids is 6. The average Bonchev–Trinajstić information content (AvgIpc) is 1.50. The van der Waals surface area contributed by atoms with Crippen LogP contribution in [0.3, 0.4) is 0 Å². The van der Waals surface area contributed by atoms with Gasteiger partial charge in [-0.15, -0.1) is 61.2 Å². The molecule has 780 valence electrons. The zero-order valence-electron chi connectivity index (χ0n) is 83.8. The molecule has 0 amide bonds. The second-order valence-corrected chi connectivity index (χ2v) is 52.3. The van der Waals surface area contributed by atoms with Crippen LogP contribution < -0.4 is 0 Å². The van der Waals surface area contributed by atoms with E-state index in [9.17, 15) is 59.4 Å². The lowest BCUT2D eigenvalue weighted by Crippen LogP contribution is -2.42. The van der Waals surface area contributed by atoms with Crippen LogP contribution in [0.4, 0.5) is 0 Å². The lowest BCUT2D eigenvalue weighted by molar-refractivity contribution is -0.143. The summed E-state index contributed by atoms with van der Waals surface area (Å²) in [7, 11) is 0. The van der Waals surface area contributed by atoms with Crippen LogP contribution in [0.1, 0.15) is 206 Å². The van der Waals surface area contributed by atoms with Gasteiger partial charge in [-0.1, -0.05) is 211 Å². The van der Waals surface area contributed by atoms with Gasteiger partial charge in [0.1, 0.15) is 28.5 Å². The molecular formula is C108H108Br6N18O12S6. The first-order chi connectivity index (χ1) is 71.6. The number of aliphatic carboxylic acids is 6. The number of carboxylic acid groups (broad SMARTS) is 6. The lowest BCUT2D eigenvalue weighted by Gasteiger charge is -2.36. The minimum Gasteiger partial charge on any atom is -0.480 e. The molecule has 10 aromatic carbocycles. The van der Waals surface area contributed by atoms with Crippen LogP contribution in [-0.4, -0.2) is 184 Å². The zero-order valence-corrected chi connectivity index (χ0v) is 98.2. The van der Waals surface area contributed by atoms with Gasteiger partial charge in [0.25, 0.3) is 0 Å². The molecule has 0 aliphatic heterocycles. The Hall–Kier alpha value is -10.1. The minimum absolute atomic E-state index is 0.531. The van der Waals surface area contributed by atoms with Crippen molar-refractivity contribution in [2.45, 2.75) is 270 Å². The lowest BCUT2D eigenvalue weighted by atomic mass is 9.84. The van der Waals surface area contributed by atoms with Gasteiger partial charge in [0, 0.05) is 21.5 Å². The van der Waals surface area contributed by atoms with E-state index in [4.69, 9.17) is 0 Å². The topological polar surface area (TPSA) is 408 Å². The number of rotatable bonds is 26. The molecule has 0 spiro atoms. The van der Waals surface area contributed by atoms with Crippen molar-refractivity contribution in [3.8, 4) is 34.1 Å². The largest absolute Gasteiger partial charge is 0.480 e.